The minimum Gasteiger partial charge on any atom is -0.355 e. The number of anilines is 1. The first-order valence-electron chi connectivity index (χ1n) is 7.50. The van der Waals surface area contributed by atoms with Crippen molar-refractivity contribution >= 4 is 17.5 Å². The minimum atomic E-state index is -4.68. The van der Waals surface area contributed by atoms with Gasteiger partial charge >= 0.3 is 6.18 Å². The number of aromatic nitrogens is 2. The Bertz CT molecular complexity index is 856. The predicted octanol–water partition coefficient (Wildman–Crippen LogP) is 2.10. The first kappa shape index (κ1) is 17.8. The second-order valence-electron chi connectivity index (χ2n) is 5.60. The number of hydrogen-bond acceptors (Lipinski definition) is 4. The third kappa shape index (κ3) is 3.48. The van der Waals surface area contributed by atoms with E-state index in [4.69, 9.17) is 0 Å². The summed E-state index contributed by atoms with van der Waals surface area (Å²) in [6.45, 7) is -0.102. The molecule has 0 radical (unpaired) electrons. The lowest BCUT2D eigenvalue weighted by molar-refractivity contribution is -0.141. The summed E-state index contributed by atoms with van der Waals surface area (Å²) >= 11 is 0. The van der Waals surface area contributed by atoms with E-state index in [0.29, 0.717) is 6.07 Å². The molecule has 0 spiro atoms. The van der Waals surface area contributed by atoms with E-state index >= 15 is 0 Å². The van der Waals surface area contributed by atoms with Gasteiger partial charge in [-0.25, -0.2) is 14.4 Å². The maximum absolute atomic E-state index is 13.7. The van der Waals surface area contributed by atoms with Gasteiger partial charge in [0.25, 0.3) is 0 Å². The summed E-state index contributed by atoms with van der Waals surface area (Å²) in [6.07, 6.45) is -3.77. The number of alkyl halides is 3. The van der Waals surface area contributed by atoms with Crippen LogP contribution < -0.4 is 10.6 Å². The molecule has 2 amide bonds. The van der Waals surface area contributed by atoms with Crippen LogP contribution in [0, 0.1) is 11.7 Å². The van der Waals surface area contributed by atoms with Crippen molar-refractivity contribution < 1.29 is 27.2 Å². The standard InChI is InChI=1S/C16H12F4N4O2/c17-9-3-1-2-4-10(9)23-15(26)12-8(7-22-14(12)25)13-21-6-5-11(24-13)16(18,19)20/h1-6,8,12H,7H2,(H,22,25)(H,23,26)/t8-,12+/m0/s1. The van der Waals surface area contributed by atoms with Crippen molar-refractivity contribution in [1.29, 1.82) is 0 Å². The molecule has 2 aromatic rings. The Hall–Kier alpha value is -3.04. The Balaban J connectivity index is 1.87. The average molecular weight is 368 g/mol. The summed E-state index contributed by atoms with van der Waals surface area (Å²) in [6, 6.07) is 6.03. The lowest BCUT2D eigenvalue weighted by Crippen LogP contribution is -2.33. The number of carbonyl (C=O) groups excluding carboxylic acids is 2. The molecule has 0 unspecified atom stereocenters. The lowest BCUT2D eigenvalue weighted by Gasteiger charge is -2.16. The summed E-state index contributed by atoms with van der Waals surface area (Å²) in [4.78, 5) is 31.6. The molecule has 1 aliphatic rings. The van der Waals surface area contributed by atoms with E-state index in [1.807, 2.05) is 0 Å². The minimum absolute atomic E-state index is 0.102. The first-order chi connectivity index (χ1) is 12.3. The van der Waals surface area contributed by atoms with Crippen LogP contribution >= 0.6 is 0 Å². The van der Waals surface area contributed by atoms with E-state index in [-0.39, 0.29) is 18.1 Å². The Kier molecular flexibility index (Phi) is 4.58. The number of amides is 2. The molecule has 26 heavy (non-hydrogen) atoms. The van der Waals surface area contributed by atoms with E-state index in [1.165, 1.54) is 18.2 Å². The van der Waals surface area contributed by atoms with E-state index in [1.54, 1.807) is 0 Å². The Labute approximate surface area is 144 Å². The highest BCUT2D eigenvalue weighted by Gasteiger charge is 2.43. The van der Waals surface area contributed by atoms with E-state index in [0.717, 1.165) is 12.3 Å². The van der Waals surface area contributed by atoms with Gasteiger partial charge in [0.15, 0.2) is 0 Å². The SMILES string of the molecule is O=C1NC[C@H](c2nccc(C(F)(F)F)n2)[C@H]1C(=O)Nc1ccccc1F. The maximum Gasteiger partial charge on any atom is 0.433 e. The number of nitrogens with zero attached hydrogens (tertiary/aromatic N) is 2. The van der Waals surface area contributed by atoms with Gasteiger partial charge in [0.1, 0.15) is 23.3 Å². The van der Waals surface area contributed by atoms with Gasteiger partial charge in [-0.3, -0.25) is 9.59 Å². The molecule has 2 heterocycles. The van der Waals surface area contributed by atoms with E-state index in [2.05, 4.69) is 20.6 Å². The molecule has 1 aliphatic heterocycles. The second kappa shape index (κ2) is 6.70. The Morgan fingerprint density at radius 2 is 1.96 bits per heavy atom. The smallest absolute Gasteiger partial charge is 0.355 e. The van der Waals surface area contributed by atoms with Crippen molar-refractivity contribution in [3.8, 4) is 0 Å². The number of carbonyl (C=O) groups is 2. The fourth-order valence-corrected chi connectivity index (χ4v) is 2.65. The van der Waals surface area contributed by atoms with Crippen LogP contribution in [0.1, 0.15) is 17.4 Å². The molecule has 1 aromatic carbocycles. The molecule has 0 saturated carbocycles. The Morgan fingerprint density at radius 3 is 2.65 bits per heavy atom. The molecule has 6 nitrogen and oxygen atoms in total. The first-order valence-corrected chi connectivity index (χ1v) is 7.50. The van der Waals surface area contributed by atoms with Crippen molar-refractivity contribution in [2.45, 2.75) is 12.1 Å². The predicted molar refractivity (Wildman–Crippen MR) is 81.3 cm³/mol. The summed E-state index contributed by atoms with van der Waals surface area (Å²) in [5.74, 6) is -4.91. The van der Waals surface area contributed by atoms with Gasteiger partial charge in [-0.05, 0) is 18.2 Å². The fourth-order valence-electron chi connectivity index (χ4n) is 2.65. The summed E-state index contributed by atoms with van der Waals surface area (Å²) in [5, 5.41) is 4.68. The zero-order valence-corrected chi connectivity index (χ0v) is 13.0. The third-order valence-electron chi connectivity index (χ3n) is 3.89. The van der Waals surface area contributed by atoms with Gasteiger partial charge < -0.3 is 10.6 Å². The number of halogens is 4. The van der Waals surface area contributed by atoms with Crippen LogP contribution in [0.15, 0.2) is 36.5 Å². The van der Waals surface area contributed by atoms with E-state index < -0.39 is 41.3 Å². The quantitative estimate of drug-likeness (QED) is 0.642. The van der Waals surface area contributed by atoms with Crippen molar-refractivity contribution in [1.82, 2.24) is 15.3 Å². The molecule has 0 bridgehead atoms. The van der Waals surface area contributed by atoms with Crippen molar-refractivity contribution in [2.24, 2.45) is 5.92 Å². The van der Waals surface area contributed by atoms with Gasteiger partial charge in [-0.1, -0.05) is 12.1 Å². The molecule has 10 heteroatoms. The van der Waals surface area contributed by atoms with Crippen LogP contribution in [0.2, 0.25) is 0 Å². The summed E-state index contributed by atoms with van der Waals surface area (Å²) in [7, 11) is 0. The van der Waals surface area contributed by atoms with E-state index in [9.17, 15) is 27.2 Å². The molecule has 1 aromatic heterocycles. The molecular weight excluding hydrogens is 356 g/mol. The molecule has 1 fully saturated rings. The third-order valence-corrected chi connectivity index (χ3v) is 3.89. The molecule has 2 N–H and O–H groups in total. The number of rotatable bonds is 3. The van der Waals surface area contributed by atoms with Gasteiger partial charge in [0, 0.05) is 12.7 Å². The largest absolute Gasteiger partial charge is 0.433 e. The number of nitrogens with one attached hydrogen (secondary N) is 2. The van der Waals surface area contributed by atoms with Crippen LogP contribution in [0.25, 0.3) is 0 Å². The maximum atomic E-state index is 13.7. The van der Waals surface area contributed by atoms with Crippen molar-refractivity contribution in [3.05, 3.63) is 53.9 Å². The highest BCUT2D eigenvalue weighted by atomic mass is 19.4. The number of para-hydroxylation sites is 1. The summed E-state index contributed by atoms with van der Waals surface area (Å²) < 4.78 is 52.1. The lowest BCUT2D eigenvalue weighted by atomic mass is 9.93. The molecule has 136 valence electrons. The second-order valence-corrected chi connectivity index (χ2v) is 5.60. The zero-order valence-electron chi connectivity index (χ0n) is 13.0. The normalized spacial score (nSPS) is 19.9. The molecular formula is C16H12F4N4O2. The number of hydrogen-bond donors (Lipinski definition) is 2. The molecule has 1 saturated heterocycles. The molecule has 2 atom stereocenters. The van der Waals surface area contributed by atoms with Crippen LogP contribution in [-0.4, -0.2) is 28.3 Å². The summed E-state index contributed by atoms with van der Waals surface area (Å²) in [5.41, 5.74) is -1.31. The Morgan fingerprint density at radius 1 is 1.23 bits per heavy atom. The average Bonchev–Trinajstić information content (AvgIpc) is 2.98. The van der Waals surface area contributed by atoms with Gasteiger partial charge in [0.2, 0.25) is 11.8 Å². The molecule has 3 rings (SSSR count). The monoisotopic (exact) mass is 368 g/mol. The number of benzene rings is 1. The fraction of sp³-hybridized carbons (Fsp3) is 0.250. The topological polar surface area (TPSA) is 84.0 Å². The van der Waals surface area contributed by atoms with Crippen molar-refractivity contribution in [2.75, 3.05) is 11.9 Å². The highest BCUT2D eigenvalue weighted by Crippen LogP contribution is 2.31. The molecule has 0 aliphatic carbocycles. The van der Waals surface area contributed by atoms with Gasteiger partial charge in [-0.15, -0.1) is 0 Å². The zero-order chi connectivity index (χ0) is 18.9. The van der Waals surface area contributed by atoms with Crippen molar-refractivity contribution in [3.63, 3.8) is 0 Å². The van der Waals surface area contributed by atoms with Gasteiger partial charge in [0.05, 0.1) is 11.6 Å². The highest BCUT2D eigenvalue weighted by molar-refractivity contribution is 6.08. The van der Waals surface area contributed by atoms with Gasteiger partial charge in [-0.2, -0.15) is 13.2 Å². The van der Waals surface area contributed by atoms with Crippen LogP contribution in [0.4, 0.5) is 23.2 Å². The van der Waals surface area contributed by atoms with Crippen LogP contribution in [-0.2, 0) is 15.8 Å². The van der Waals surface area contributed by atoms with Crippen LogP contribution in [0.5, 0.6) is 0 Å². The van der Waals surface area contributed by atoms with Crippen LogP contribution in [0.3, 0.4) is 0 Å².